The second-order valence-corrected chi connectivity index (χ2v) is 7.54. The minimum atomic E-state index is -0.159. The van der Waals surface area contributed by atoms with Crippen molar-refractivity contribution in [2.45, 2.75) is 58.7 Å². The van der Waals surface area contributed by atoms with Gasteiger partial charge in [-0.25, -0.2) is 4.79 Å². The zero-order chi connectivity index (χ0) is 16.9. The predicted octanol–water partition coefficient (Wildman–Crippen LogP) is 3.26. The molecule has 3 heterocycles. The Morgan fingerprint density at radius 2 is 2.21 bits per heavy atom. The molecule has 1 aliphatic heterocycles. The lowest BCUT2D eigenvalue weighted by Gasteiger charge is -2.21. The van der Waals surface area contributed by atoms with Crippen LogP contribution in [0.25, 0.3) is 0 Å². The number of thiophene rings is 1. The summed E-state index contributed by atoms with van der Waals surface area (Å²) in [5, 5.41) is 16.6. The summed E-state index contributed by atoms with van der Waals surface area (Å²) in [6.07, 6.45) is 4.53. The highest BCUT2D eigenvalue weighted by atomic mass is 32.1. The zero-order valence-electron chi connectivity index (χ0n) is 14.3. The molecule has 0 aliphatic carbocycles. The first-order valence-electron chi connectivity index (χ1n) is 8.64. The molecule has 1 atom stereocenters. The van der Waals surface area contributed by atoms with Crippen LogP contribution in [0.2, 0.25) is 0 Å². The molecule has 2 amide bonds. The molecule has 7 heteroatoms. The van der Waals surface area contributed by atoms with E-state index in [0.29, 0.717) is 12.5 Å². The molecule has 0 unspecified atom stereocenters. The Bertz CT molecular complexity index is 665. The van der Waals surface area contributed by atoms with Crippen LogP contribution in [0.3, 0.4) is 0 Å². The maximum Gasteiger partial charge on any atom is 0.315 e. The smallest absolute Gasteiger partial charge is 0.315 e. The van der Waals surface area contributed by atoms with E-state index in [1.165, 1.54) is 17.7 Å². The maximum atomic E-state index is 12.3. The van der Waals surface area contributed by atoms with Gasteiger partial charge in [0.2, 0.25) is 0 Å². The van der Waals surface area contributed by atoms with Gasteiger partial charge in [-0.2, -0.15) is 0 Å². The highest BCUT2D eigenvalue weighted by Gasteiger charge is 2.20. The van der Waals surface area contributed by atoms with E-state index < -0.39 is 0 Å². The molecule has 0 fully saturated rings. The van der Waals surface area contributed by atoms with E-state index in [1.54, 1.807) is 11.3 Å². The van der Waals surface area contributed by atoms with E-state index in [-0.39, 0.29) is 12.1 Å². The topological polar surface area (TPSA) is 71.8 Å². The van der Waals surface area contributed by atoms with Gasteiger partial charge >= 0.3 is 6.03 Å². The monoisotopic (exact) mass is 347 g/mol. The summed E-state index contributed by atoms with van der Waals surface area (Å²) in [5.74, 6) is 2.22. The van der Waals surface area contributed by atoms with E-state index in [4.69, 9.17) is 0 Å². The SMILES string of the molecule is CC(C)[C@@H](NC(=O)NCc1nnc2n1CCCCC2)c1cccs1. The highest BCUT2D eigenvalue weighted by molar-refractivity contribution is 7.10. The Morgan fingerprint density at radius 1 is 1.33 bits per heavy atom. The van der Waals surface area contributed by atoms with Gasteiger partial charge in [-0.1, -0.05) is 26.3 Å². The van der Waals surface area contributed by atoms with Gasteiger partial charge in [0.25, 0.3) is 0 Å². The zero-order valence-corrected chi connectivity index (χ0v) is 15.1. The van der Waals surface area contributed by atoms with Gasteiger partial charge in [-0.3, -0.25) is 0 Å². The normalized spacial score (nSPS) is 15.6. The Balaban J connectivity index is 1.58. The summed E-state index contributed by atoms with van der Waals surface area (Å²) in [5.41, 5.74) is 0. The van der Waals surface area contributed by atoms with E-state index in [2.05, 4.69) is 45.3 Å². The Hall–Kier alpha value is -1.89. The van der Waals surface area contributed by atoms with Crippen LogP contribution >= 0.6 is 11.3 Å². The van der Waals surface area contributed by atoms with Crippen molar-refractivity contribution in [3.63, 3.8) is 0 Å². The van der Waals surface area contributed by atoms with Crippen molar-refractivity contribution in [1.82, 2.24) is 25.4 Å². The quantitative estimate of drug-likeness (QED) is 0.872. The second kappa shape index (κ2) is 7.79. The molecule has 2 aromatic heterocycles. The van der Waals surface area contributed by atoms with Crippen LogP contribution in [0.1, 0.15) is 55.7 Å². The fourth-order valence-corrected chi connectivity index (χ4v) is 4.01. The lowest BCUT2D eigenvalue weighted by molar-refractivity contribution is 0.232. The molecule has 0 aromatic carbocycles. The largest absolute Gasteiger partial charge is 0.331 e. The number of rotatable bonds is 5. The van der Waals surface area contributed by atoms with Crippen LogP contribution in [-0.4, -0.2) is 20.8 Å². The lowest BCUT2D eigenvalue weighted by Crippen LogP contribution is -2.39. The van der Waals surface area contributed by atoms with Crippen LogP contribution in [-0.2, 0) is 19.5 Å². The number of aryl methyl sites for hydroxylation is 1. The van der Waals surface area contributed by atoms with Crippen molar-refractivity contribution in [2.24, 2.45) is 5.92 Å². The third kappa shape index (κ3) is 3.95. The van der Waals surface area contributed by atoms with Gasteiger partial charge in [-0.15, -0.1) is 21.5 Å². The molecule has 3 rings (SSSR count). The Morgan fingerprint density at radius 3 is 2.96 bits per heavy atom. The highest BCUT2D eigenvalue weighted by Crippen LogP contribution is 2.25. The minimum absolute atomic E-state index is 0.0283. The molecular weight excluding hydrogens is 322 g/mol. The number of carbonyl (C=O) groups excluding carboxylic acids is 1. The van der Waals surface area contributed by atoms with Crippen molar-refractivity contribution in [3.8, 4) is 0 Å². The summed E-state index contributed by atoms with van der Waals surface area (Å²) in [7, 11) is 0. The third-order valence-corrected chi connectivity index (χ3v) is 5.35. The Kier molecular flexibility index (Phi) is 5.50. The van der Waals surface area contributed by atoms with E-state index in [0.717, 1.165) is 31.0 Å². The van der Waals surface area contributed by atoms with Gasteiger partial charge in [0.1, 0.15) is 5.82 Å². The molecule has 0 bridgehead atoms. The lowest BCUT2D eigenvalue weighted by atomic mass is 10.0. The first-order valence-corrected chi connectivity index (χ1v) is 9.52. The minimum Gasteiger partial charge on any atom is -0.331 e. The number of aromatic nitrogens is 3. The van der Waals surface area contributed by atoms with Crippen LogP contribution < -0.4 is 10.6 Å². The van der Waals surface area contributed by atoms with Gasteiger partial charge < -0.3 is 15.2 Å². The fraction of sp³-hybridized carbons (Fsp3) is 0.588. The Labute approximate surface area is 146 Å². The molecule has 2 aromatic rings. The van der Waals surface area contributed by atoms with Crippen molar-refractivity contribution in [3.05, 3.63) is 34.0 Å². The van der Waals surface area contributed by atoms with Crippen LogP contribution in [0.4, 0.5) is 4.79 Å². The molecule has 2 N–H and O–H groups in total. The number of hydrogen-bond acceptors (Lipinski definition) is 4. The van der Waals surface area contributed by atoms with Crippen LogP contribution in [0.5, 0.6) is 0 Å². The number of fused-ring (bicyclic) bond motifs is 1. The molecule has 130 valence electrons. The molecule has 24 heavy (non-hydrogen) atoms. The summed E-state index contributed by atoms with van der Waals surface area (Å²) in [4.78, 5) is 13.5. The van der Waals surface area contributed by atoms with Gasteiger partial charge in [-0.05, 0) is 30.2 Å². The second-order valence-electron chi connectivity index (χ2n) is 6.56. The van der Waals surface area contributed by atoms with Gasteiger partial charge in [0, 0.05) is 17.8 Å². The van der Waals surface area contributed by atoms with Crippen LogP contribution in [0.15, 0.2) is 17.5 Å². The molecule has 0 saturated carbocycles. The molecule has 1 aliphatic rings. The number of amides is 2. The maximum absolute atomic E-state index is 12.3. The first kappa shape index (κ1) is 17.0. The third-order valence-electron chi connectivity index (χ3n) is 4.40. The summed E-state index contributed by atoms with van der Waals surface area (Å²) in [6, 6.07) is 3.95. The molecule has 6 nitrogen and oxygen atoms in total. The van der Waals surface area contributed by atoms with Crippen molar-refractivity contribution in [1.29, 1.82) is 0 Å². The number of carbonyl (C=O) groups is 1. The number of urea groups is 1. The number of nitrogens with zero attached hydrogens (tertiary/aromatic N) is 3. The van der Waals surface area contributed by atoms with Gasteiger partial charge in [0.05, 0.1) is 12.6 Å². The standard InChI is InChI=1S/C17H25N5OS/c1-12(2)16(13-7-6-10-24-13)19-17(23)18-11-15-21-20-14-8-4-3-5-9-22(14)15/h6-7,10,12,16H,3-5,8-9,11H2,1-2H3,(H2,18,19,23)/t16-/m1/s1. The molecule has 0 radical (unpaired) electrons. The van der Waals surface area contributed by atoms with Crippen molar-refractivity contribution < 1.29 is 4.79 Å². The van der Waals surface area contributed by atoms with E-state index in [1.807, 2.05) is 11.4 Å². The van der Waals surface area contributed by atoms with Crippen molar-refractivity contribution in [2.75, 3.05) is 0 Å². The van der Waals surface area contributed by atoms with Crippen LogP contribution in [0, 0.1) is 5.92 Å². The van der Waals surface area contributed by atoms with Crippen molar-refractivity contribution >= 4 is 17.4 Å². The summed E-state index contributed by atoms with van der Waals surface area (Å²) in [6.45, 7) is 5.59. The average molecular weight is 347 g/mol. The van der Waals surface area contributed by atoms with Gasteiger partial charge in [0.15, 0.2) is 5.82 Å². The summed E-state index contributed by atoms with van der Waals surface area (Å²) < 4.78 is 2.16. The molecule has 0 saturated heterocycles. The number of hydrogen-bond donors (Lipinski definition) is 2. The number of nitrogens with one attached hydrogen (secondary N) is 2. The van der Waals surface area contributed by atoms with E-state index >= 15 is 0 Å². The molecule has 0 spiro atoms. The van der Waals surface area contributed by atoms with E-state index in [9.17, 15) is 4.79 Å². The first-order chi connectivity index (χ1) is 11.6. The average Bonchev–Trinajstić information content (AvgIpc) is 3.16. The summed E-state index contributed by atoms with van der Waals surface area (Å²) >= 11 is 1.67. The predicted molar refractivity (Wildman–Crippen MR) is 94.8 cm³/mol. The molecular formula is C17H25N5OS. The fourth-order valence-electron chi connectivity index (χ4n) is 3.06.